The van der Waals surface area contributed by atoms with E-state index in [4.69, 9.17) is 0 Å². The molecule has 2 aliphatic rings. The van der Waals surface area contributed by atoms with Crippen molar-refractivity contribution in [3.63, 3.8) is 0 Å². The van der Waals surface area contributed by atoms with E-state index >= 15 is 0 Å². The van der Waals surface area contributed by atoms with Gasteiger partial charge in [-0.1, -0.05) is 18.1 Å². The maximum Gasteiger partial charge on any atom is 0.136 e. The Morgan fingerprint density at radius 1 is 1.33 bits per heavy atom. The Morgan fingerprint density at radius 3 is 2.47 bits per heavy atom. The Labute approximate surface area is 92.3 Å². The third-order valence-electron chi connectivity index (χ3n) is 3.65. The number of hydrogen-bond acceptors (Lipinski definition) is 2. The van der Waals surface area contributed by atoms with Crippen molar-refractivity contribution in [1.29, 1.82) is 0 Å². The Kier molecular flexibility index (Phi) is 3.25. The average Bonchev–Trinajstić information content (AvgIpc) is 2.14. The van der Waals surface area contributed by atoms with Crippen molar-refractivity contribution in [2.45, 2.75) is 58.0 Å². The molecular formula is C13H21NO. The molecule has 84 valence electrons. The zero-order chi connectivity index (χ0) is 10.8. The minimum absolute atomic E-state index is 0.484. The monoisotopic (exact) mass is 207 g/mol. The van der Waals surface area contributed by atoms with Crippen LogP contribution in [0.3, 0.4) is 0 Å². The van der Waals surface area contributed by atoms with Crippen LogP contribution in [0.4, 0.5) is 0 Å². The van der Waals surface area contributed by atoms with Gasteiger partial charge in [0.1, 0.15) is 5.78 Å². The van der Waals surface area contributed by atoms with Crippen LogP contribution in [0.5, 0.6) is 0 Å². The molecule has 15 heavy (non-hydrogen) atoms. The zero-order valence-corrected chi connectivity index (χ0v) is 9.83. The lowest BCUT2D eigenvalue weighted by atomic mass is 9.84. The van der Waals surface area contributed by atoms with E-state index in [1.54, 1.807) is 0 Å². The van der Waals surface area contributed by atoms with Crippen molar-refractivity contribution in [1.82, 2.24) is 4.90 Å². The number of piperidine rings is 2. The van der Waals surface area contributed by atoms with Gasteiger partial charge >= 0.3 is 0 Å². The van der Waals surface area contributed by atoms with Gasteiger partial charge in [0.15, 0.2) is 0 Å². The molecule has 2 fully saturated rings. The molecule has 0 spiro atoms. The molecule has 0 aromatic heterocycles. The molecule has 2 nitrogen and oxygen atoms in total. The molecule has 0 amide bonds. The van der Waals surface area contributed by atoms with Crippen molar-refractivity contribution in [2.75, 3.05) is 6.54 Å². The topological polar surface area (TPSA) is 20.3 Å². The summed E-state index contributed by atoms with van der Waals surface area (Å²) in [7, 11) is 0. The van der Waals surface area contributed by atoms with Crippen molar-refractivity contribution < 1.29 is 4.79 Å². The van der Waals surface area contributed by atoms with Gasteiger partial charge in [0, 0.05) is 31.5 Å². The number of rotatable bonds is 2. The number of carbonyl (C=O) groups excluding carboxylic acids is 1. The first kappa shape index (κ1) is 10.9. The Hall–Kier alpha value is -0.630. The minimum Gasteiger partial charge on any atom is -0.300 e. The molecule has 0 aromatic rings. The number of allylic oxidation sites excluding steroid dienone is 1. The Morgan fingerprint density at radius 2 is 1.93 bits per heavy atom. The molecule has 2 rings (SSSR count). The first-order valence-corrected chi connectivity index (χ1v) is 6.07. The number of Topliss-reactive ketones (excluding diaryl/α,β-unsaturated/α-hetero) is 1. The lowest BCUT2D eigenvalue weighted by Crippen LogP contribution is -2.52. The van der Waals surface area contributed by atoms with Crippen LogP contribution in [-0.4, -0.2) is 29.3 Å². The SMILES string of the molecule is CC(C)=CCN1C2CCCC1CC(=O)C2. The van der Waals surface area contributed by atoms with Gasteiger partial charge in [-0.2, -0.15) is 0 Å². The first-order valence-electron chi connectivity index (χ1n) is 6.07. The van der Waals surface area contributed by atoms with Crippen LogP contribution >= 0.6 is 0 Å². The summed E-state index contributed by atoms with van der Waals surface area (Å²) in [6.45, 7) is 5.33. The molecule has 2 bridgehead atoms. The van der Waals surface area contributed by atoms with Gasteiger partial charge in [-0.25, -0.2) is 0 Å². The van der Waals surface area contributed by atoms with E-state index in [0.29, 0.717) is 17.9 Å². The van der Waals surface area contributed by atoms with Gasteiger partial charge in [-0.15, -0.1) is 0 Å². The summed E-state index contributed by atoms with van der Waals surface area (Å²) in [5.74, 6) is 0.484. The molecule has 2 heteroatoms. The lowest BCUT2D eigenvalue weighted by Gasteiger charge is -2.45. The number of fused-ring (bicyclic) bond motifs is 2. The third kappa shape index (κ3) is 2.49. The standard InChI is InChI=1S/C13H21NO/c1-10(2)6-7-14-11-4-3-5-12(14)9-13(15)8-11/h6,11-12H,3-5,7-9H2,1-2H3. The minimum atomic E-state index is 0.484. The second-order valence-corrected chi connectivity index (χ2v) is 5.16. The molecular weight excluding hydrogens is 186 g/mol. The number of hydrogen-bond donors (Lipinski definition) is 0. The first-order chi connectivity index (χ1) is 7.16. The third-order valence-corrected chi connectivity index (χ3v) is 3.65. The van der Waals surface area contributed by atoms with Crippen LogP contribution < -0.4 is 0 Å². The highest BCUT2D eigenvalue weighted by Gasteiger charge is 2.36. The second-order valence-electron chi connectivity index (χ2n) is 5.16. The maximum atomic E-state index is 11.5. The number of carbonyl (C=O) groups is 1. The quantitative estimate of drug-likeness (QED) is 0.649. The largest absolute Gasteiger partial charge is 0.300 e. The van der Waals surface area contributed by atoms with Gasteiger partial charge in [0.25, 0.3) is 0 Å². The normalized spacial score (nSPS) is 31.5. The maximum absolute atomic E-state index is 11.5. The Balaban J connectivity index is 2.04. The molecule has 2 heterocycles. The van der Waals surface area contributed by atoms with Crippen molar-refractivity contribution >= 4 is 5.78 Å². The fourth-order valence-corrected chi connectivity index (χ4v) is 2.85. The van der Waals surface area contributed by atoms with Crippen molar-refractivity contribution in [2.24, 2.45) is 0 Å². The van der Waals surface area contributed by atoms with E-state index in [0.717, 1.165) is 19.4 Å². The summed E-state index contributed by atoms with van der Waals surface area (Å²) >= 11 is 0. The molecule has 0 radical (unpaired) electrons. The predicted molar refractivity (Wildman–Crippen MR) is 61.8 cm³/mol. The lowest BCUT2D eigenvalue weighted by molar-refractivity contribution is -0.126. The van der Waals surface area contributed by atoms with E-state index < -0.39 is 0 Å². The van der Waals surface area contributed by atoms with Crippen LogP contribution in [-0.2, 0) is 4.79 Å². The number of ketones is 1. The van der Waals surface area contributed by atoms with Crippen LogP contribution in [0.25, 0.3) is 0 Å². The highest BCUT2D eigenvalue weighted by molar-refractivity contribution is 5.80. The van der Waals surface area contributed by atoms with Crippen LogP contribution in [0.1, 0.15) is 46.0 Å². The van der Waals surface area contributed by atoms with E-state index in [-0.39, 0.29) is 0 Å². The summed E-state index contributed by atoms with van der Waals surface area (Å²) in [5.41, 5.74) is 1.38. The second kappa shape index (κ2) is 4.48. The summed E-state index contributed by atoms with van der Waals surface area (Å²) < 4.78 is 0. The summed E-state index contributed by atoms with van der Waals surface area (Å²) in [4.78, 5) is 14.1. The van der Waals surface area contributed by atoms with Gasteiger partial charge in [-0.05, 0) is 26.7 Å². The molecule has 2 aliphatic heterocycles. The molecule has 2 saturated heterocycles. The van der Waals surface area contributed by atoms with Gasteiger partial charge in [0.05, 0.1) is 0 Å². The Bertz CT molecular complexity index is 262. The summed E-state index contributed by atoms with van der Waals surface area (Å²) in [6, 6.07) is 1.08. The van der Waals surface area contributed by atoms with Crippen LogP contribution in [0.15, 0.2) is 11.6 Å². The van der Waals surface area contributed by atoms with E-state index in [1.807, 2.05) is 0 Å². The highest BCUT2D eigenvalue weighted by atomic mass is 16.1. The van der Waals surface area contributed by atoms with Crippen molar-refractivity contribution in [3.8, 4) is 0 Å². The number of nitrogens with zero attached hydrogens (tertiary/aromatic N) is 1. The summed E-state index contributed by atoms with van der Waals surface area (Å²) in [6.07, 6.45) is 7.65. The van der Waals surface area contributed by atoms with E-state index in [1.165, 1.54) is 24.8 Å². The fourth-order valence-electron chi connectivity index (χ4n) is 2.85. The van der Waals surface area contributed by atoms with Gasteiger partial charge in [0.2, 0.25) is 0 Å². The molecule has 0 saturated carbocycles. The smallest absolute Gasteiger partial charge is 0.136 e. The molecule has 2 atom stereocenters. The van der Waals surface area contributed by atoms with Gasteiger partial charge in [-0.3, -0.25) is 9.69 Å². The predicted octanol–water partition coefficient (Wildman–Crippen LogP) is 2.54. The molecule has 0 N–H and O–H groups in total. The van der Waals surface area contributed by atoms with Gasteiger partial charge < -0.3 is 0 Å². The van der Waals surface area contributed by atoms with E-state index in [9.17, 15) is 4.79 Å². The molecule has 0 aromatic carbocycles. The fraction of sp³-hybridized carbons (Fsp3) is 0.769. The molecule has 0 aliphatic carbocycles. The highest BCUT2D eigenvalue weighted by Crippen LogP contribution is 2.31. The van der Waals surface area contributed by atoms with Crippen LogP contribution in [0.2, 0.25) is 0 Å². The average molecular weight is 207 g/mol. The van der Waals surface area contributed by atoms with E-state index in [2.05, 4.69) is 24.8 Å². The zero-order valence-electron chi connectivity index (χ0n) is 9.83. The van der Waals surface area contributed by atoms with Crippen LogP contribution in [0, 0.1) is 0 Å². The van der Waals surface area contributed by atoms with Crippen molar-refractivity contribution in [3.05, 3.63) is 11.6 Å². The molecule has 2 unspecified atom stereocenters. The summed E-state index contributed by atoms with van der Waals surface area (Å²) in [5, 5.41) is 0.